The van der Waals surface area contributed by atoms with Gasteiger partial charge in [0.25, 0.3) is 0 Å². The Labute approximate surface area is 133 Å². The van der Waals surface area contributed by atoms with E-state index in [2.05, 4.69) is 5.10 Å². The third-order valence-corrected chi connectivity index (χ3v) is 2.13. The fraction of sp³-hybridized carbons (Fsp3) is 0.286. The zero-order valence-electron chi connectivity index (χ0n) is 8.64. The molecule has 0 fully saturated rings. The Morgan fingerprint density at radius 1 is 1.40 bits per heavy atom. The second kappa shape index (κ2) is 5.88. The normalized spacial score (nSPS) is 11.9. The molecular formula is C7H8BClF3KN2. The SMILES string of the molecule is Cc1nn(C)c(Cl)c1/C=C/[B-](F)(F)F.[K+]. The maximum atomic E-state index is 11.9. The van der Waals surface area contributed by atoms with Crippen LogP contribution in [0.3, 0.4) is 0 Å². The molecule has 0 atom stereocenters. The first-order valence-corrected chi connectivity index (χ1v) is 4.27. The van der Waals surface area contributed by atoms with Crippen LogP contribution in [-0.2, 0) is 7.05 Å². The number of aryl methyl sites for hydroxylation is 2. The van der Waals surface area contributed by atoms with Gasteiger partial charge in [-0.3, -0.25) is 4.68 Å². The molecule has 0 unspecified atom stereocenters. The number of aromatic nitrogens is 2. The molecule has 1 heterocycles. The summed E-state index contributed by atoms with van der Waals surface area (Å²) >= 11 is 5.73. The van der Waals surface area contributed by atoms with Gasteiger partial charge in [0.2, 0.25) is 0 Å². The molecule has 8 heteroatoms. The van der Waals surface area contributed by atoms with Gasteiger partial charge >= 0.3 is 58.4 Å². The van der Waals surface area contributed by atoms with Crippen molar-refractivity contribution in [2.75, 3.05) is 0 Å². The maximum Gasteiger partial charge on any atom is 1.00 e. The molecule has 0 aliphatic rings. The Morgan fingerprint density at radius 3 is 2.27 bits per heavy atom. The van der Waals surface area contributed by atoms with Gasteiger partial charge in [-0.15, -0.1) is 5.98 Å². The zero-order chi connectivity index (χ0) is 10.9. The molecule has 0 aliphatic heterocycles. The average molecular weight is 263 g/mol. The van der Waals surface area contributed by atoms with Gasteiger partial charge in [0.05, 0.1) is 5.69 Å². The summed E-state index contributed by atoms with van der Waals surface area (Å²) in [5.74, 6) is 0.204. The van der Waals surface area contributed by atoms with E-state index in [4.69, 9.17) is 11.6 Å². The van der Waals surface area contributed by atoms with Gasteiger partial charge in [-0.2, -0.15) is 5.10 Å². The number of rotatable bonds is 2. The Bertz CT molecular complexity index is 375. The van der Waals surface area contributed by atoms with Gasteiger partial charge < -0.3 is 12.9 Å². The minimum Gasteiger partial charge on any atom is -0.445 e. The average Bonchev–Trinajstić information content (AvgIpc) is 2.23. The summed E-state index contributed by atoms with van der Waals surface area (Å²) in [7, 11) is 1.57. The van der Waals surface area contributed by atoms with Gasteiger partial charge in [-0.25, -0.2) is 0 Å². The second-order valence-corrected chi connectivity index (χ2v) is 3.26. The van der Waals surface area contributed by atoms with Gasteiger partial charge in [0, 0.05) is 12.6 Å². The Balaban J connectivity index is 0.00000196. The van der Waals surface area contributed by atoms with Crippen LogP contribution in [0.5, 0.6) is 0 Å². The summed E-state index contributed by atoms with van der Waals surface area (Å²) in [4.78, 5) is 0. The van der Waals surface area contributed by atoms with E-state index < -0.39 is 6.98 Å². The third kappa shape index (κ3) is 4.62. The standard InChI is InChI=1S/C7H8BClF3N2.K/c1-5-6(3-4-8(10,11)12)7(9)14(2)13-5;/h3-4H,1-2H3;/q-1;+1/b4-3+;. The minimum absolute atomic E-state index is 0. The molecule has 0 saturated heterocycles. The summed E-state index contributed by atoms with van der Waals surface area (Å²) < 4.78 is 37.1. The topological polar surface area (TPSA) is 17.8 Å². The molecule has 1 rings (SSSR count). The number of hydrogen-bond donors (Lipinski definition) is 0. The van der Waals surface area contributed by atoms with Crippen LogP contribution >= 0.6 is 11.6 Å². The fourth-order valence-electron chi connectivity index (χ4n) is 1.04. The van der Waals surface area contributed by atoms with Gasteiger partial charge in [0.1, 0.15) is 5.15 Å². The molecule has 0 N–H and O–H groups in total. The Kier molecular flexibility index (Phi) is 6.17. The van der Waals surface area contributed by atoms with Crippen LogP contribution in [0.25, 0.3) is 6.08 Å². The van der Waals surface area contributed by atoms with Gasteiger partial charge in [-0.1, -0.05) is 17.7 Å². The predicted octanol–water partition coefficient (Wildman–Crippen LogP) is -0.214. The minimum atomic E-state index is -4.92. The Hall–Kier alpha value is 0.731. The first-order chi connectivity index (χ1) is 6.31. The van der Waals surface area contributed by atoms with Crippen LogP contribution < -0.4 is 51.4 Å². The van der Waals surface area contributed by atoms with E-state index in [9.17, 15) is 12.9 Å². The van der Waals surface area contributed by atoms with Crippen LogP contribution in [-0.4, -0.2) is 16.8 Å². The summed E-state index contributed by atoms with van der Waals surface area (Å²) in [5, 5.41) is 4.09. The number of nitrogens with zero attached hydrogens (tertiary/aromatic N) is 2. The van der Waals surface area contributed by atoms with Crippen molar-refractivity contribution in [3.05, 3.63) is 22.4 Å². The van der Waals surface area contributed by atoms with Crippen molar-refractivity contribution in [2.24, 2.45) is 7.05 Å². The monoisotopic (exact) mass is 262 g/mol. The largest absolute Gasteiger partial charge is 1.00 e. The summed E-state index contributed by atoms with van der Waals surface area (Å²) in [5.41, 5.74) is 0.794. The molecule has 0 amide bonds. The van der Waals surface area contributed by atoms with Crippen molar-refractivity contribution in [3.63, 3.8) is 0 Å². The summed E-state index contributed by atoms with van der Waals surface area (Å²) in [6.45, 7) is -3.32. The van der Waals surface area contributed by atoms with Gasteiger partial charge in [-0.05, 0) is 6.92 Å². The molecule has 1 aromatic heterocycles. The smallest absolute Gasteiger partial charge is 0.445 e. The molecule has 0 bridgehead atoms. The van der Waals surface area contributed by atoms with Crippen molar-refractivity contribution < 1.29 is 64.3 Å². The molecule has 0 aromatic carbocycles. The molecular weight excluding hydrogens is 254 g/mol. The number of halogens is 4. The molecule has 0 radical (unpaired) electrons. The van der Waals surface area contributed by atoms with Crippen LogP contribution in [0.4, 0.5) is 12.9 Å². The van der Waals surface area contributed by atoms with Gasteiger partial charge in [0.15, 0.2) is 0 Å². The zero-order valence-corrected chi connectivity index (χ0v) is 12.5. The second-order valence-electron chi connectivity index (χ2n) is 2.90. The fourth-order valence-corrected chi connectivity index (χ4v) is 1.28. The number of hydrogen-bond acceptors (Lipinski definition) is 1. The first kappa shape index (κ1) is 15.7. The van der Waals surface area contributed by atoms with Crippen LogP contribution in [0.1, 0.15) is 11.3 Å². The molecule has 0 spiro atoms. The van der Waals surface area contributed by atoms with E-state index in [-0.39, 0.29) is 62.5 Å². The quantitative estimate of drug-likeness (QED) is 0.674. The van der Waals surface area contributed by atoms with E-state index in [0.717, 1.165) is 6.08 Å². The van der Waals surface area contributed by atoms with Crippen LogP contribution in [0.2, 0.25) is 5.15 Å². The van der Waals surface area contributed by atoms with E-state index in [1.54, 1.807) is 14.0 Å². The van der Waals surface area contributed by atoms with Crippen molar-refractivity contribution in [2.45, 2.75) is 6.92 Å². The first-order valence-electron chi connectivity index (χ1n) is 3.89. The van der Waals surface area contributed by atoms with E-state index in [1.807, 2.05) is 0 Å². The molecule has 2 nitrogen and oxygen atoms in total. The van der Waals surface area contributed by atoms with Crippen molar-refractivity contribution in [1.29, 1.82) is 0 Å². The molecule has 1 aromatic rings. The predicted molar refractivity (Wildman–Crippen MR) is 51.1 cm³/mol. The van der Waals surface area contributed by atoms with E-state index >= 15 is 0 Å². The molecule has 0 saturated carbocycles. The molecule has 0 aliphatic carbocycles. The van der Waals surface area contributed by atoms with E-state index in [1.165, 1.54) is 4.68 Å². The van der Waals surface area contributed by atoms with Crippen LogP contribution in [0, 0.1) is 6.92 Å². The molecule has 15 heavy (non-hydrogen) atoms. The van der Waals surface area contributed by atoms with Crippen LogP contribution in [0.15, 0.2) is 5.98 Å². The molecule has 78 valence electrons. The van der Waals surface area contributed by atoms with Crippen molar-refractivity contribution in [1.82, 2.24) is 9.78 Å². The van der Waals surface area contributed by atoms with Crippen molar-refractivity contribution in [3.8, 4) is 0 Å². The summed E-state index contributed by atoms with van der Waals surface area (Å²) in [6, 6.07) is 0. The Morgan fingerprint density at radius 2 is 1.93 bits per heavy atom. The van der Waals surface area contributed by atoms with Crippen molar-refractivity contribution >= 4 is 24.7 Å². The third-order valence-electron chi connectivity index (χ3n) is 1.68. The maximum absolute atomic E-state index is 11.9. The summed E-state index contributed by atoms with van der Waals surface area (Å²) in [6.07, 6.45) is 0.949. The van der Waals surface area contributed by atoms with E-state index in [0.29, 0.717) is 11.3 Å².